The Kier molecular flexibility index (Phi) is 4.79. The predicted molar refractivity (Wildman–Crippen MR) is 81.1 cm³/mol. The lowest BCUT2D eigenvalue weighted by Gasteiger charge is -2.38. The molecule has 2 atom stereocenters. The molecule has 0 saturated carbocycles. The van der Waals surface area contributed by atoms with Crippen molar-refractivity contribution in [2.24, 2.45) is 11.3 Å². The van der Waals surface area contributed by atoms with Crippen molar-refractivity contribution in [1.82, 2.24) is 9.80 Å². The average Bonchev–Trinajstić information content (AvgIpc) is 2.93. The highest BCUT2D eigenvalue weighted by Gasteiger charge is 2.49. The number of piperidine rings is 1. The summed E-state index contributed by atoms with van der Waals surface area (Å²) in [7, 11) is 0. The third kappa shape index (κ3) is 2.87. The number of hydrogen-bond donors (Lipinski definition) is 1. The van der Waals surface area contributed by atoms with Crippen LogP contribution in [0, 0.1) is 11.3 Å². The molecule has 0 aliphatic carbocycles. The van der Waals surface area contributed by atoms with Gasteiger partial charge >= 0.3 is 12.0 Å². The average molecular weight is 296 g/mol. The zero-order valence-electron chi connectivity index (χ0n) is 13.5. The third-order valence-corrected chi connectivity index (χ3v) is 5.45. The maximum atomic E-state index is 12.8. The smallest absolute Gasteiger partial charge is 0.320 e. The van der Waals surface area contributed by atoms with E-state index in [9.17, 15) is 14.7 Å². The van der Waals surface area contributed by atoms with Crippen LogP contribution >= 0.6 is 0 Å². The first-order valence-corrected chi connectivity index (χ1v) is 8.21. The number of carbonyl (C=O) groups excluding carboxylic acids is 1. The molecule has 2 rings (SSSR count). The fourth-order valence-corrected chi connectivity index (χ4v) is 3.75. The summed E-state index contributed by atoms with van der Waals surface area (Å²) in [6, 6.07) is 0.371. The second-order valence-electron chi connectivity index (χ2n) is 6.82. The molecule has 2 heterocycles. The van der Waals surface area contributed by atoms with Crippen molar-refractivity contribution in [1.29, 1.82) is 0 Å². The Balaban J connectivity index is 2.09. The topological polar surface area (TPSA) is 60.9 Å². The predicted octanol–water partition coefficient (Wildman–Crippen LogP) is 2.80. The molecular weight excluding hydrogens is 268 g/mol. The zero-order valence-corrected chi connectivity index (χ0v) is 13.5. The summed E-state index contributed by atoms with van der Waals surface area (Å²) in [6.45, 7) is 7.74. The van der Waals surface area contributed by atoms with Crippen LogP contribution in [0.5, 0.6) is 0 Å². The van der Waals surface area contributed by atoms with Crippen LogP contribution in [0.25, 0.3) is 0 Å². The van der Waals surface area contributed by atoms with Gasteiger partial charge in [-0.15, -0.1) is 0 Å². The van der Waals surface area contributed by atoms with E-state index in [1.165, 1.54) is 6.42 Å². The molecule has 0 aromatic carbocycles. The van der Waals surface area contributed by atoms with Crippen LogP contribution in [-0.2, 0) is 4.79 Å². The quantitative estimate of drug-likeness (QED) is 0.871. The van der Waals surface area contributed by atoms with E-state index in [2.05, 4.69) is 6.92 Å². The van der Waals surface area contributed by atoms with E-state index in [4.69, 9.17) is 0 Å². The summed E-state index contributed by atoms with van der Waals surface area (Å²) >= 11 is 0. The van der Waals surface area contributed by atoms with E-state index in [1.807, 2.05) is 18.7 Å². The lowest BCUT2D eigenvalue weighted by Crippen LogP contribution is -2.50. The van der Waals surface area contributed by atoms with Crippen molar-refractivity contribution in [3.63, 3.8) is 0 Å². The van der Waals surface area contributed by atoms with Crippen LogP contribution in [-0.4, -0.2) is 52.6 Å². The molecule has 0 aromatic rings. The number of hydrogen-bond acceptors (Lipinski definition) is 2. The third-order valence-electron chi connectivity index (χ3n) is 5.45. The van der Waals surface area contributed by atoms with E-state index in [0.717, 1.165) is 25.8 Å². The van der Waals surface area contributed by atoms with Crippen LogP contribution in [0.3, 0.4) is 0 Å². The highest BCUT2D eigenvalue weighted by Crippen LogP contribution is 2.39. The van der Waals surface area contributed by atoms with Crippen LogP contribution in [0.15, 0.2) is 0 Å². The van der Waals surface area contributed by atoms with Crippen molar-refractivity contribution < 1.29 is 14.7 Å². The van der Waals surface area contributed by atoms with Gasteiger partial charge in [0.15, 0.2) is 0 Å². The number of carbonyl (C=O) groups is 2. The molecule has 2 aliphatic heterocycles. The van der Waals surface area contributed by atoms with Crippen LogP contribution < -0.4 is 0 Å². The molecule has 0 bridgehead atoms. The van der Waals surface area contributed by atoms with Crippen LogP contribution in [0.2, 0.25) is 0 Å². The molecule has 21 heavy (non-hydrogen) atoms. The number of aliphatic carboxylic acids is 1. The van der Waals surface area contributed by atoms with Gasteiger partial charge in [-0.05, 0) is 38.0 Å². The van der Waals surface area contributed by atoms with Gasteiger partial charge < -0.3 is 14.9 Å². The van der Waals surface area contributed by atoms with Gasteiger partial charge in [-0.2, -0.15) is 0 Å². The number of likely N-dealkylation sites (tertiary alicyclic amines) is 2. The Morgan fingerprint density at radius 3 is 2.52 bits per heavy atom. The van der Waals surface area contributed by atoms with Gasteiger partial charge in [0.2, 0.25) is 0 Å². The van der Waals surface area contributed by atoms with E-state index in [0.29, 0.717) is 25.6 Å². The normalized spacial score (nSPS) is 30.0. The second kappa shape index (κ2) is 6.24. The summed E-state index contributed by atoms with van der Waals surface area (Å²) in [5, 5.41) is 9.59. The summed E-state index contributed by atoms with van der Waals surface area (Å²) in [5.74, 6) is -0.727. The fourth-order valence-electron chi connectivity index (χ4n) is 3.75. The van der Waals surface area contributed by atoms with E-state index in [-0.39, 0.29) is 11.9 Å². The number of amides is 2. The molecule has 5 heteroatoms. The highest BCUT2D eigenvalue weighted by molar-refractivity contribution is 5.80. The van der Waals surface area contributed by atoms with Crippen LogP contribution in [0.4, 0.5) is 4.79 Å². The molecule has 0 radical (unpaired) electrons. The zero-order chi connectivity index (χ0) is 15.6. The SMILES string of the molecule is CCC1CCCCN1C(=O)N1CCC(C(=O)O)(C(C)C)C1. The second-order valence-corrected chi connectivity index (χ2v) is 6.82. The Labute approximate surface area is 127 Å². The first kappa shape index (κ1) is 16.1. The first-order chi connectivity index (χ1) is 9.92. The van der Waals surface area contributed by atoms with E-state index in [1.54, 1.807) is 4.90 Å². The number of urea groups is 1. The van der Waals surface area contributed by atoms with Gasteiger partial charge in [0, 0.05) is 25.7 Å². The van der Waals surface area contributed by atoms with Crippen molar-refractivity contribution in [2.75, 3.05) is 19.6 Å². The monoisotopic (exact) mass is 296 g/mol. The van der Waals surface area contributed by atoms with Crippen molar-refractivity contribution in [3.05, 3.63) is 0 Å². The summed E-state index contributed by atoms with van der Waals surface area (Å²) in [4.78, 5) is 28.2. The Bertz CT molecular complexity index is 410. The van der Waals surface area contributed by atoms with Crippen LogP contribution in [0.1, 0.15) is 52.9 Å². The standard InChI is InChI=1S/C16H28N2O3/c1-4-13-7-5-6-9-18(13)15(21)17-10-8-16(11-17,12(2)3)14(19)20/h12-13H,4-11H2,1-3H3,(H,19,20). The number of carboxylic acids is 1. The Morgan fingerprint density at radius 2 is 2.00 bits per heavy atom. The van der Waals surface area contributed by atoms with E-state index >= 15 is 0 Å². The van der Waals surface area contributed by atoms with Gasteiger partial charge in [-0.3, -0.25) is 4.79 Å². The summed E-state index contributed by atoms with van der Waals surface area (Å²) in [6.07, 6.45) is 4.87. The summed E-state index contributed by atoms with van der Waals surface area (Å²) in [5.41, 5.74) is -0.771. The minimum Gasteiger partial charge on any atom is -0.481 e. The van der Waals surface area contributed by atoms with Gasteiger partial charge in [-0.1, -0.05) is 20.8 Å². The highest BCUT2D eigenvalue weighted by atomic mass is 16.4. The van der Waals surface area contributed by atoms with E-state index < -0.39 is 11.4 Å². The van der Waals surface area contributed by atoms with Crippen molar-refractivity contribution in [2.45, 2.75) is 58.9 Å². The Hall–Kier alpha value is -1.26. The maximum Gasteiger partial charge on any atom is 0.320 e. The number of carboxylic acid groups (broad SMARTS) is 1. The van der Waals surface area contributed by atoms with Gasteiger partial charge in [0.05, 0.1) is 5.41 Å². The molecule has 5 nitrogen and oxygen atoms in total. The molecule has 120 valence electrons. The molecular formula is C16H28N2O3. The molecule has 2 aliphatic rings. The molecule has 2 fully saturated rings. The fraction of sp³-hybridized carbons (Fsp3) is 0.875. The molecule has 1 N–H and O–H groups in total. The molecule has 2 amide bonds. The van der Waals surface area contributed by atoms with Gasteiger partial charge in [-0.25, -0.2) is 4.79 Å². The lowest BCUT2D eigenvalue weighted by atomic mass is 9.76. The number of rotatable bonds is 3. The first-order valence-electron chi connectivity index (χ1n) is 8.21. The van der Waals surface area contributed by atoms with Gasteiger partial charge in [0.25, 0.3) is 0 Å². The molecule has 0 spiro atoms. The van der Waals surface area contributed by atoms with Crippen molar-refractivity contribution in [3.8, 4) is 0 Å². The lowest BCUT2D eigenvalue weighted by molar-refractivity contribution is -0.150. The Morgan fingerprint density at radius 1 is 1.29 bits per heavy atom. The molecule has 0 aromatic heterocycles. The molecule has 2 saturated heterocycles. The minimum absolute atomic E-state index is 0.0381. The number of nitrogens with zero attached hydrogens (tertiary/aromatic N) is 2. The summed E-state index contributed by atoms with van der Waals surface area (Å²) < 4.78 is 0. The largest absolute Gasteiger partial charge is 0.481 e. The van der Waals surface area contributed by atoms with Gasteiger partial charge in [0.1, 0.15) is 0 Å². The van der Waals surface area contributed by atoms with Crippen molar-refractivity contribution >= 4 is 12.0 Å². The maximum absolute atomic E-state index is 12.8. The minimum atomic E-state index is -0.771. The molecule has 2 unspecified atom stereocenters.